The molecule has 1 aliphatic carbocycles. The molecule has 124 valence electrons. The van der Waals surface area contributed by atoms with Crippen molar-refractivity contribution < 1.29 is 9.53 Å². The van der Waals surface area contributed by atoms with Gasteiger partial charge in [0, 0.05) is 25.4 Å². The van der Waals surface area contributed by atoms with Crippen LogP contribution in [-0.4, -0.2) is 24.0 Å². The predicted octanol–water partition coefficient (Wildman–Crippen LogP) is 3.84. The van der Waals surface area contributed by atoms with E-state index in [4.69, 9.17) is 4.74 Å². The first-order chi connectivity index (χ1) is 11.7. The summed E-state index contributed by atoms with van der Waals surface area (Å²) in [5, 5.41) is 0. The Kier molecular flexibility index (Phi) is 3.89. The number of ether oxygens (including phenoxy) is 1. The molecule has 2 aromatic carbocycles. The highest BCUT2D eigenvalue weighted by Crippen LogP contribution is 2.51. The molecule has 1 spiro atoms. The van der Waals surface area contributed by atoms with Crippen LogP contribution in [-0.2, 0) is 21.5 Å². The van der Waals surface area contributed by atoms with Gasteiger partial charge in [0.2, 0.25) is 0 Å². The lowest BCUT2D eigenvalue weighted by Gasteiger charge is -2.26. The number of fused-ring (bicyclic) bond motifs is 2. The van der Waals surface area contributed by atoms with Crippen LogP contribution in [0.5, 0.6) is 0 Å². The van der Waals surface area contributed by atoms with Gasteiger partial charge in [-0.05, 0) is 36.1 Å². The van der Waals surface area contributed by atoms with E-state index in [2.05, 4.69) is 53.4 Å². The van der Waals surface area contributed by atoms with Crippen LogP contribution >= 0.6 is 0 Å². The molecule has 1 heterocycles. The molecule has 0 amide bonds. The molecule has 0 radical (unpaired) electrons. The molecular formula is C21H23NO2. The third kappa shape index (κ3) is 2.73. The number of likely N-dealkylation sites (tertiary alicyclic amines) is 1. The van der Waals surface area contributed by atoms with Crippen LogP contribution in [0.15, 0.2) is 54.6 Å². The van der Waals surface area contributed by atoms with Crippen LogP contribution in [0.1, 0.15) is 42.6 Å². The third-order valence-corrected chi connectivity index (χ3v) is 5.45. The Labute approximate surface area is 143 Å². The van der Waals surface area contributed by atoms with Crippen molar-refractivity contribution in [2.45, 2.75) is 37.8 Å². The number of benzene rings is 2. The van der Waals surface area contributed by atoms with E-state index in [1.165, 1.54) is 23.6 Å². The Morgan fingerprint density at radius 1 is 1.17 bits per heavy atom. The summed E-state index contributed by atoms with van der Waals surface area (Å²) in [6.07, 6.45) is 1.96. The molecule has 2 unspecified atom stereocenters. The van der Waals surface area contributed by atoms with E-state index in [0.29, 0.717) is 0 Å². The third-order valence-electron chi connectivity index (χ3n) is 5.45. The molecule has 2 aromatic rings. The minimum absolute atomic E-state index is 0.0876. The number of hydrogen-bond acceptors (Lipinski definition) is 3. The van der Waals surface area contributed by atoms with Crippen LogP contribution in [0.2, 0.25) is 0 Å². The maximum atomic E-state index is 11.5. The zero-order valence-corrected chi connectivity index (χ0v) is 14.1. The van der Waals surface area contributed by atoms with Gasteiger partial charge in [0.25, 0.3) is 0 Å². The second-order valence-electron chi connectivity index (χ2n) is 7.12. The topological polar surface area (TPSA) is 29.5 Å². The Morgan fingerprint density at radius 2 is 1.92 bits per heavy atom. The highest BCUT2D eigenvalue weighted by molar-refractivity contribution is 5.66. The smallest absolute Gasteiger partial charge is 0.303 e. The first-order valence-corrected chi connectivity index (χ1v) is 8.69. The van der Waals surface area contributed by atoms with Gasteiger partial charge >= 0.3 is 5.97 Å². The summed E-state index contributed by atoms with van der Waals surface area (Å²) >= 11 is 0. The standard InChI is InChI=1S/C21H23NO2/c1-16(23)24-20-13-21(19-10-6-5-9-18(19)20)11-12-22(15-21)14-17-7-3-2-4-8-17/h2-10,20H,11-15H2,1H3. The van der Waals surface area contributed by atoms with E-state index in [-0.39, 0.29) is 17.5 Å². The van der Waals surface area contributed by atoms with Crippen LogP contribution in [0.3, 0.4) is 0 Å². The maximum absolute atomic E-state index is 11.5. The zero-order valence-electron chi connectivity index (χ0n) is 14.1. The summed E-state index contributed by atoms with van der Waals surface area (Å²) in [4.78, 5) is 14.0. The van der Waals surface area contributed by atoms with Crippen molar-refractivity contribution in [1.82, 2.24) is 4.90 Å². The van der Waals surface area contributed by atoms with Gasteiger partial charge < -0.3 is 4.74 Å². The number of nitrogens with zero attached hydrogens (tertiary/aromatic N) is 1. The van der Waals surface area contributed by atoms with Crippen molar-refractivity contribution in [2.75, 3.05) is 13.1 Å². The molecule has 1 saturated heterocycles. The molecule has 0 aromatic heterocycles. The Bertz CT molecular complexity index is 743. The largest absolute Gasteiger partial charge is 0.458 e. The summed E-state index contributed by atoms with van der Waals surface area (Å²) in [7, 11) is 0. The first kappa shape index (κ1) is 15.4. The van der Waals surface area contributed by atoms with E-state index in [9.17, 15) is 4.79 Å². The molecule has 0 N–H and O–H groups in total. The number of rotatable bonds is 3. The van der Waals surface area contributed by atoms with Crippen LogP contribution in [0.4, 0.5) is 0 Å². The lowest BCUT2D eigenvalue weighted by atomic mass is 9.81. The maximum Gasteiger partial charge on any atom is 0.303 e. The van der Waals surface area contributed by atoms with E-state index in [1.54, 1.807) is 0 Å². The fourth-order valence-electron chi connectivity index (χ4n) is 4.46. The van der Waals surface area contributed by atoms with Gasteiger partial charge in [-0.2, -0.15) is 0 Å². The van der Waals surface area contributed by atoms with Gasteiger partial charge in [-0.15, -0.1) is 0 Å². The molecular weight excluding hydrogens is 298 g/mol. The summed E-state index contributed by atoms with van der Waals surface area (Å²) in [5.74, 6) is -0.189. The van der Waals surface area contributed by atoms with E-state index in [0.717, 1.165) is 32.5 Å². The van der Waals surface area contributed by atoms with E-state index in [1.807, 2.05) is 6.07 Å². The van der Waals surface area contributed by atoms with Crippen LogP contribution < -0.4 is 0 Å². The second-order valence-corrected chi connectivity index (χ2v) is 7.12. The normalized spacial score (nSPS) is 25.8. The Hall–Kier alpha value is -2.13. The minimum atomic E-state index is -0.189. The van der Waals surface area contributed by atoms with Crippen molar-refractivity contribution in [2.24, 2.45) is 0 Å². The average Bonchev–Trinajstić information content (AvgIpc) is 3.11. The van der Waals surface area contributed by atoms with Crippen molar-refractivity contribution >= 4 is 5.97 Å². The summed E-state index contributed by atoms with van der Waals surface area (Å²) in [5.41, 5.74) is 4.07. The monoisotopic (exact) mass is 321 g/mol. The SMILES string of the molecule is CC(=O)OC1CC2(CCN(Cc3ccccc3)C2)c2ccccc21. The second kappa shape index (κ2) is 6.06. The molecule has 1 aliphatic heterocycles. The molecule has 0 bridgehead atoms. The minimum Gasteiger partial charge on any atom is -0.458 e. The van der Waals surface area contributed by atoms with Gasteiger partial charge in [0.1, 0.15) is 6.10 Å². The summed E-state index contributed by atoms with van der Waals surface area (Å²) in [6, 6.07) is 19.1. The van der Waals surface area contributed by atoms with Crippen molar-refractivity contribution in [3.05, 3.63) is 71.3 Å². The first-order valence-electron chi connectivity index (χ1n) is 8.69. The average molecular weight is 321 g/mol. The molecule has 2 atom stereocenters. The van der Waals surface area contributed by atoms with Crippen molar-refractivity contribution in [3.8, 4) is 0 Å². The molecule has 0 saturated carbocycles. The molecule has 2 aliphatic rings. The van der Waals surface area contributed by atoms with Gasteiger partial charge in [0.05, 0.1) is 0 Å². The van der Waals surface area contributed by atoms with Gasteiger partial charge in [0.15, 0.2) is 0 Å². The molecule has 3 nitrogen and oxygen atoms in total. The molecule has 4 rings (SSSR count). The van der Waals surface area contributed by atoms with E-state index < -0.39 is 0 Å². The lowest BCUT2D eigenvalue weighted by Crippen LogP contribution is -2.29. The quantitative estimate of drug-likeness (QED) is 0.805. The number of hydrogen-bond donors (Lipinski definition) is 0. The van der Waals surface area contributed by atoms with Crippen molar-refractivity contribution in [1.29, 1.82) is 0 Å². The van der Waals surface area contributed by atoms with Gasteiger partial charge in [-0.25, -0.2) is 0 Å². The predicted molar refractivity (Wildman–Crippen MR) is 93.6 cm³/mol. The number of esters is 1. The fraction of sp³-hybridized carbons (Fsp3) is 0.381. The fourth-order valence-corrected chi connectivity index (χ4v) is 4.46. The highest BCUT2D eigenvalue weighted by Gasteiger charge is 2.48. The Morgan fingerprint density at radius 3 is 2.71 bits per heavy atom. The van der Waals surface area contributed by atoms with Crippen molar-refractivity contribution in [3.63, 3.8) is 0 Å². The molecule has 24 heavy (non-hydrogen) atoms. The summed E-state index contributed by atoms with van der Waals surface area (Å²) in [6.45, 7) is 4.62. The Balaban J connectivity index is 1.57. The highest BCUT2D eigenvalue weighted by atomic mass is 16.5. The van der Waals surface area contributed by atoms with Crippen LogP contribution in [0.25, 0.3) is 0 Å². The van der Waals surface area contributed by atoms with Crippen LogP contribution in [0, 0.1) is 0 Å². The number of carbonyl (C=O) groups excluding carboxylic acids is 1. The lowest BCUT2D eigenvalue weighted by molar-refractivity contribution is -0.147. The van der Waals surface area contributed by atoms with Gasteiger partial charge in [-0.1, -0.05) is 54.6 Å². The number of carbonyl (C=O) groups is 1. The van der Waals surface area contributed by atoms with Gasteiger partial charge in [-0.3, -0.25) is 9.69 Å². The zero-order chi connectivity index (χ0) is 16.6. The van der Waals surface area contributed by atoms with E-state index >= 15 is 0 Å². The summed E-state index contributed by atoms with van der Waals surface area (Å²) < 4.78 is 5.62. The molecule has 1 fully saturated rings. The molecule has 3 heteroatoms.